The number of ether oxygens (including phenoxy) is 1. The Labute approximate surface area is 208 Å². The van der Waals surface area contributed by atoms with Gasteiger partial charge in [-0.3, -0.25) is 20.1 Å². The predicted molar refractivity (Wildman–Crippen MR) is 131 cm³/mol. The number of alkyl halides is 2. The fourth-order valence-electron chi connectivity index (χ4n) is 2.92. The zero-order chi connectivity index (χ0) is 25.7. The summed E-state index contributed by atoms with van der Waals surface area (Å²) in [5.74, 6) is 5.84. The number of aromatic nitrogens is 5. The van der Waals surface area contributed by atoms with E-state index in [0.717, 1.165) is 36.4 Å². The number of methoxy groups -OCH3 is 1. The number of nitrogens with two attached hydrogens (primary N) is 1. The van der Waals surface area contributed by atoms with Gasteiger partial charge in [-0.05, 0) is 30.9 Å². The standard InChI is InChI=1S/C23H20F2N8O2S/c1-27-8-7-14(26)16-10-29-20(19(30-16)13-9-15(21(24)25)28-11-17(13)35-2)22(34)31-23-33-32-18(36-23)6-5-12-3-4-12/h7-12,21H,3-4,26H2,1-2H3,(H,31,33,34)/b14-7-,27-8?. The van der Waals surface area contributed by atoms with Gasteiger partial charge in [-0.15, -0.1) is 10.2 Å². The number of carbonyl (C=O) groups is 1. The molecule has 3 N–H and O–H groups in total. The molecule has 0 atom stereocenters. The van der Waals surface area contributed by atoms with Crippen LogP contribution in [0, 0.1) is 17.8 Å². The van der Waals surface area contributed by atoms with Crippen LogP contribution < -0.4 is 15.8 Å². The average Bonchev–Trinajstić information content (AvgIpc) is 3.62. The lowest BCUT2D eigenvalue weighted by Gasteiger charge is -2.13. The van der Waals surface area contributed by atoms with Crippen molar-refractivity contribution in [3.63, 3.8) is 0 Å². The average molecular weight is 511 g/mol. The number of rotatable bonds is 7. The Morgan fingerprint density at radius 1 is 1.33 bits per heavy atom. The van der Waals surface area contributed by atoms with Crippen LogP contribution in [-0.2, 0) is 0 Å². The second-order valence-corrected chi connectivity index (χ2v) is 8.48. The summed E-state index contributed by atoms with van der Waals surface area (Å²) in [6.07, 6.45) is 4.66. The number of halogens is 2. The fourth-order valence-corrected chi connectivity index (χ4v) is 3.52. The number of carbonyl (C=O) groups excluding carboxylic acids is 1. The lowest BCUT2D eigenvalue weighted by Crippen LogP contribution is -2.17. The monoisotopic (exact) mass is 510 g/mol. The molecule has 0 aromatic carbocycles. The van der Waals surface area contributed by atoms with Crippen LogP contribution in [0.25, 0.3) is 17.0 Å². The summed E-state index contributed by atoms with van der Waals surface area (Å²) in [6.45, 7) is 0. The van der Waals surface area contributed by atoms with E-state index in [1.807, 2.05) is 0 Å². The van der Waals surface area contributed by atoms with Crippen LogP contribution in [-0.4, -0.2) is 51.4 Å². The quantitative estimate of drug-likeness (QED) is 0.364. The molecule has 1 aliphatic rings. The second-order valence-electron chi connectivity index (χ2n) is 7.50. The Balaban J connectivity index is 1.75. The molecule has 4 rings (SSSR count). The summed E-state index contributed by atoms with van der Waals surface area (Å²) in [7, 11) is 2.91. The summed E-state index contributed by atoms with van der Waals surface area (Å²) < 4.78 is 32.1. The third kappa shape index (κ3) is 5.84. The van der Waals surface area contributed by atoms with Gasteiger partial charge in [0.2, 0.25) is 5.13 Å². The van der Waals surface area contributed by atoms with Gasteiger partial charge in [-0.1, -0.05) is 17.3 Å². The molecular weight excluding hydrogens is 490 g/mol. The highest BCUT2D eigenvalue weighted by Crippen LogP contribution is 2.34. The number of aliphatic imine (C=N–C) groups is 1. The van der Waals surface area contributed by atoms with Crippen LogP contribution in [0.4, 0.5) is 13.9 Å². The van der Waals surface area contributed by atoms with Gasteiger partial charge in [-0.2, -0.15) is 0 Å². The lowest BCUT2D eigenvalue weighted by atomic mass is 10.1. The largest absolute Gasteiger partial charge is 0.494 e. The van der Waals surface area contributed by atoms with E-state index in [-0.39, 0.29) is 39.2 Å². The molecular formula is C23H20F2N8O2S. The Hall–Kier alpha value is -4.31. The molecule has 0 unspecified atom stereocenters. The van der Waals surface area contributed by atoms with Crippen molar-refractivity contribution < 1.29 is 18.3 Å². The van der Waals surface area contributed by atoms with Crippen molar-refractivity contribution in [1.82, 2.24) is 25.1 Å². The van der Waals surface area contributed by atoms with Crippen LogP contribution in [0.5, 0.6) is 5.75 Å². The summed E-state index contributed by atoms with van der Waals surface area (Å²) in [6, 6.07) is 1.10. The number of pyridine rings is 1. The number of allylic oxidation sites excluding steroid dienone is 1. The molecule has 1 saturated carbocycles. The molecule has 0 radical (unpaired) electrons. The Bertz CT molecular complexity index is 1410. The summed E-state index contributed by atoms with van der Waals surface area (Å²) >= 11 is 1.10. The van der Waals surface area contributed by atoms with E-state index in [2.05, 4.69) is 47.3 Å². The zero-order valence-electron chi connectivity index (χ0n) is 19.2. The van der Waals surface area contributed by atoms with Crippen molar-refractivity contribution in [2.45, 2.75) is 19.3 Å². The first kappa shape index (κ1) is 24.8. The van der Waals surface area contributed by atoms with Crippen LogP contribution in [0.1, 0.15) is 46.2 Å². The molecule has 1 fully saturated rings. The molecule has 36 heavy (non-hydrogen) atoms. The predicted octanol–water partition coefficient (Wildman–Crippen LogP) is 3.35. The van der Waals surface area contributed by atoms with E-state index in [4.69, 9.17) is 10.5 Å². The number of hydrogen-bond acceptors (Lipinski definition) is 10. The minimum Gasteiger partial charge on any atom is -0.494 e. The molecule has 1 aliphatic carbocycles. The molecule has 184 valence electrons. The summed E-state index contributed by atoms with van der Waals surface area (Å²) in [5.41, 5.74) is 5.83. The summed E-state index contributed by atoms with van der Waals surface area (Å²) in [4.78, 5) is 29.4. The van der Waals surface area contributed by atoms with E-state index in [1.165, 1.54) is 25.6 Å². The molecule has 0 aliphatic heterocycles. The van der Waals surface area contributed by atoms with Gasteiger partial charge >= 0.3 is 0 Å². The maximum atomic E-state index is 13.4. The minimum absolute atomic E-state index is 0.0331. The molecule has 0 saturated heterocycles. The van der Waals surface area contributed by atoms with Gasteiger partial charge in [0.25, 0.3) is 12.3 Å². The van der Waals surface area contributed by atoms with Crippen molar-refractivity contribution in [2.75, 3.05) is 19.5 Å². The topological polar surface area (TPSA) is 141 Å². The van der Waals surface area contributed by atoms with Crippen molar-refractivity contribution in [2.24, 2.45) is 16.6 Å². The first-order valence-corrected chi connectivity index (χ1v) is 11.5. The SMILES string of the molecule is CN=C/C=C(\N)c1cnc(C(=O)Nc2nnc(C#CC3CC3)s2)c(-c2cc(C(F)F)ncc2OC)n1. The number of anilines is 1. The zero-order valence-corrected chi connectivity index (χ0v) is 20.0. The van der Waals surface area contributed by atoms with Crippen molar-refractivity contribution in [3.05, 3.63) is 46.6 Å². The molecule has 0 bridgehead atoms. The van der Waals surface area contributed by atoms with Crippen LogP contribution in [0.2, 0.25) is 0 Å². The first-order chi connectivity index (χ1) is 17.4. The normalized spacial score (nSPS) is 13.5. The van der Waals surface area contributed by atoms with E-state index in [9.17, 15) is 13.6 Å². The van der Waals surface area contributed by atoms with Crippen molar-refractivity contribution in [1.29, 1.82) is 0 Å². The molecule has 10 nitrogen and oxygen atoms in total. The van der Waals surface area contributed by atoms with E-state index < -0.39 is 18.0 Å². The second kappa shape index (κ2) is 11.0. The molecule has 3 aromatic rings. The Morgan fingerprint density at radius 3 is 2.83 bits per heavy atom. The molecule has 3 aromatic heterocycles. The van der Waals surface area contributed by atoms with Gasteiger partial charge in [0.1, 0.15) is 22.8 Å². The Kier molecular flexibility index (Phi) is 7.55. The van der Waals surface area contributed by atoms with Crippen LogP contribution in [0.3, 0.4) is 0 Å². The summed E-state index contributed by atoms with van der Waals surface area (Å²) in [5, 5.41) is 11.2. The number of amides is 1. The number of nitrogens with zero attached hydrogens (tertiary/aromatic N) is 6. The fraction of sp³-hybridized carbons (Fsp3) is 0.261. The van der Waals surface area contributed by atoms with E-state index in [1.54, 1.807) is 7.05 Å². The minimum atomic E-state index is -2.86. The lowest BCUT2D eigenvalue weighted by molar-refractivity contribution is 0.102. The molecule has 1 amide bonds. The highest BCUT2D eigenvalue weighted by atomic mass is 32.1. The van der Waals surface area contributed by atoms with Gasteiger partial charge in [0.05, 0.1) is 25.2 Å². The van der Waals surface area contributed by atoms with Crippen LogP contribution in [0.15, 0.2) is 29.5 Å². The first-order valence-electron chi connectivity index (χ1n) is 10.6. The highest BCUT2D eigenvalue weighted by molar-refractivity contribution is 7.15. The highest BCUT2D eigenvalue weighted by Gasteiger charge is 2.24. The van der Waals surface area contributed by atoms with Crippen LogP contribution >= 0.6 is 11.3 Å². The maximum absolute atomic E-state index is 13.4. The smallest absolute Gasteiger partial charge is 0.280 e. The van der Waals surface area contributed by atoms with Crippen molar-refractivity contribution >= 4 is 34.3 Å². The van der Waals surface area contributed by atoms with Gasteiger partial charge in [0.15, 0.2) is 10.7 Å². The Morgan fingerprint density at radius 2 is 2.14 bits per heavy atom. The van der Waals surface area contributed by atoms with Gasteiger partial charge in [0, 0.05) is 24.7 Å². The maximum Gasteiger partial charge on any atom is 0.280 e. The molecule has 3 heterocycles. The third-order valence-corrected chi connectivity index (χ3v) is 5.63. The molecule has 0 spiro atoms. The van der Waals surface area contributed by atoms with E-state index in [0.29, 0.717) is 10.9 Å². The molecule has 13 heteroatoms. The third-order valence-electron chi connectivity index (χ3n) is 4.88. The van der Waals surface area contributed by atoms with Crippen molar-refractivity contribution in [3.8, 4) is 28.8 Å². The van der Waals surface area contributed by atoms with Gasteiger partial charge in [-0.25, -0.2) is 18.7 Å². The van der Waals surface area contributed by atoms with Gasteiger partial charge < -0.3 is 10.5 Å². The van der Waals surface area contributed by atoms with E-state index >= 15 is 0 Å². The number of hydrogen-bond donors (Lipinski definition) is 2. The number of nitrogens with one attached hydrogen (secondary N) is 1.